The number of rotatable bonds is 6. The van der Waals surface area contributed by atoms with E-state index in [1.54, 1.807) is 0 Å². The summed E-state index contributed by atoms with van der Waals surface area (Å²) in [5.41, 5.74) is 3.00. The van der Waals surface area contributed by atoms with Crippen LogP contribution in [0.15, 0.2) is 18.2 Å². The van der Waals surface area contributed by atoms with Crippen molar-refractivity contribution in [2.45, 2.75) is 70.3 Å². The van der Waals surface area contributed by atoms with Gasteiger partial charge in [0.2, 0.25) is 0 Å². The van der Waals surface area contributed by atoms with Gasteiger partial charge in [-0.1, -0.05) is 32.8 Å². The molecule has 1 saturated heterocycles. The second-order valence-electron chi connectivity index (χ2n) is 7.93. The summed E-state index contributed by atoms with van der Waals surface area (Å²) in [4.78, 5) is 2.70. The quantitative estimate of drug-likeness (QED) is 0.789. The van der Waals surface area contributed by atoms with Gasteiger partial charge in [-0.2, -0.15) is 5.26 Å². The topological polar surface area (TPSA) is 47.3 Å². The zero-order valence-electron chi connectivity index (χ0n) is 15.1. The Morgan fingerprint density at radius 2 is 2.08 bits per heavy atom. The minimum Gasteiger partial charge on any atom is -0.508 e. The predicted molar refractivity (Wildman–Crippen MR) is 97.0 cm³/mol. The molecule has 24 heavy (non-hydrogen) atoms. The molecule has 3 rings (SSSR count). The maximum Gasteiger partial charge on any atom is 0.115 e. The molecule has 0 aromatic heterocycles. The Morgan fingerprint density at radius 3 is 2.88 bits per heavy atom. The highest BCUT2D eigenvalue weighted by atomic mass is 16.3. The first-order valence-corrected chi connectivity index (χ1v) is 9.49. The molecule has 2 aliphatic rings. The first-order valence-electron chi connectivity index (χ1n) is 9.49. The van der Waals surface area contributed by atoms with Crippen LogP contribution in [0.3, 0.4) is 0 Å². The van der Waals surface area contributed by atoms with E-state index in [1.807, 2.05) is 12.1 Å². The number of phenolic OH excluding ortho intramolecular Hbond substituents is 1. The van der Waals surface area contributed by atoms with E-state index in [0.717, 1.165) is 12.8 Å². The van der Waals surface area contributed by atoms with Crippen molar-refractivity contribution in [3.63, 3.8) is 0 Å². The molecule has 2 bridgehead atoms. The zero-order chi connectivity index (χ0) is 17.2. The number of nitriles is 1. The van der Waals surface area contributed by atoms with E-state index in [1.165, 1.54) is 49.9 Å². The number of unbranched alkanes of at least 4 members (excludes halogenated alkanes) is 4. The van der Waals surface area contributed by atoms with Crippen LogP contribution in [0.2, 0.25) is 0 Å². The predicted octanol–water partition coefficient (Wildman–Crippen LogP) is 4.39. The Labute approximate surface area is 146 Å². The fourth-order valence-electron chi connectivity index (χ4n) is 4.85. The molecular weight excluding hydrogens is 296 g/mol. The number of aromatic hydroxyl groups is 1. The first-order chi connectivity index (χ1) is 11.6. The molecule has 0 saturated carbocycles. The minimum absolute atomic E-state index is 0.195. The van der Waals surface area contributed by atoms with Crippen LogP contribution in [-0.2, 0) is 11.8 Å². The van der Waals surface area contributed by atoms with Crippen LogP contribution in [0.1, 0.15) is 63.5 Å². The van der Waals surface area contributed by atoms with E-state index in [0.29, 0.717) is 24.1 Å². The summed E-state index contributed by atoms with van der Waals surface area (Å²) in [6.07, 6.45) is 7.70. The lowest BCUT2D eigenvalue weighted by Crippen LogP contribution is -2.58. The molecular formula is C21H30N2O. The van der Waals surface area contributed by atoms with E-state index in [-0.39, 0.29) is 5.41 Å². The lowest BCUT2D eigenvalue weighted by Gasteiger charge is -2.54. The third kappa shape index (κ3) is 3.17. The standard InChI is InChI=1S/C21H30N2O/c1-16-20-14-17-8-9-18(24)15-19(17)21(16,2)10-13-23(20)12-7-5-3-4-6-11-22/h8-9,15-16,20,24H,3-7,10,12-14H2,1-2H3/t16-,20-,21-/m0/s1. The van der Waals surface area contributed by atoms with Gasteiger partial charge in [-0.25, -0.2) is 0 Å². The van der Waals surface area contributed by atoms with Gasteiger partial charge in [-0.3, -0.25) is 4.90 Å². The van der Waals surface area contributed by atoms with Crippen LogP contribution >= 0.6 is 0 Å². The molecule has 1 N–H and O–H groups in total. The van der Waals surface area contributed by atoms with Crippen molar-refractivity contribution < 1.29 is 5.11 Å². The largest absolute Gasteiger partial charge is 0.508 e. The van der Waals surface area contributed by atoms with Gasteiger partial charge in [0, 0.05) is 12.5 Å². The lowest BCUT2D eigenvalue weighted by molar-refractivity contribution is 0.0303. The van der Waals surface area contributed by atoms with Crippen molar-refractivity contribution in [1.82, 2.24) is 4.90 Å². The Morgan fingerprint density at radius 1 is 1.29 bits per heavy atom. The van der Waals surface area contributed by atoms with Gasteiger partial charge in [0.25, 0.3) is 0 Å². The Bertz CT molecular complexity index is 621. The molecule has 3 atom stereocenters. The van der Waals surface area contributed by atoms with Crippen LogP contribution in [0.5, 0.6) is 5.75 Å². The number of benzene rings is 1. The second-order valence-corrected chi connectivity index (χ2v) is 7.93. The van der Waals surface area contributed by atoms with Crippen LogP contribution < -0.4 is 0 Å². The molecule has 1 aromatic rings. The second kappa shape index (κ2) is 7.15. The first kappa shape index (κ1) is 17.3. The summed E-state index contributed by atoms with van der Waals surface area (Å²) >= 11 is 0. The number of hydrogen-bond donors (Lipinski definition) is 1. The van der Waals surface area contributed by atoms with Gasteiger partial charge in [-0.05, 0) is 73.4 Å². The molecule has 0 amide bonds. The van der Waals surface area contributed by atoms with E-state index >= 15 is 0 Å². The molecule has 0 radical (unpaired) electrons. The minimum atomic E-state index is 0.195. The fourth-order valence-corrected chi connectivity index (χ4v) is 4.85. The van der Waals surface area contributed by atoms with Crippen molar-refractivity contribution in [2.24, 2.45) is 5.92 Å². The smallest absolute Gasteiger partial charge is 0.115 e. The van der Waals surface area contributed by atoms with Crippen molar-refractivity contribution >= 4 is 0 Å². The molecule has 0 spiro atoms. The molecule has 1 aliphatic carbocycles. The molecule has 1 aromatic carbocycles. The highest BCUT2D eigenvalue weighted by Gasteiger charge is 2.48. The summed E-state index contributed by atoms with van der Waals surface area (Å²) in [6.45, 7) is 7.14. The maximum absolute atomic E-state index is 9.91. The lowest BCUT2D eigenvalue weighted by atomic mass is 9.59. The van der Waals surface area contributed by atoms with Gasteiger partial charge in [0.05, 0.1) is 6.07 Å². The molecule has 130 valence electrons. The van der Waals surface area contributed by atoms with Gasteiger partial charge in [0.1, 0.15) is 5.75 Å². The maximum atomic E-state index is 9.91. The number of phenols is 1. The van der Waals surface area contributed by atoms with E-state index in [4.69, 9.17) is 5.26 Å². The monoisotopic (exact) mass is 326 g/mol. The van der Waals surface area contributed by atoms with Crippen LogP contribution in [0.25, 0.3) is 0 Å². The van der Waals surface area contributed by atoms with Crippen LogP contribution in [0, 0.1) is 17.2 Å². The SMILES string of the molecule is C[C@H]1[C@@H]2Cc3ccc(O)cc3[C@@]1(C)CCN2CCCCCCC#N. The number of nitrogens with zero attached hydrogens (tertiary/aromatic N) is 2. The van der Waals surface area contributed by atoms with Crippen molar-refractivity contribution in [1.29, 1.82) is 5.26 Å². The van der Waals surface area contributed by atoms with Gasteiger partial charge >= 0.3 is 0 Å². The fraction of sp³-hybridized carbons (Fsp3) is 0.667. The highest BCUT2D eigenvalue weighted by Crippen LogP contribution is 2.49. The zero-order valence-corrected chi connectivity index (χ0v) is 15.1. The Hall–Kier alpha value is -1.53. The average Bonchev–Trinajstić information content (AvgIpc) is 2.56. The summed E-state index contributed by atoms with van der Waals surface area (Å²) in [5.74, 6) is 1.03. The average molecular weight is 326 g/mol. The van der Waals surface area contributed by atoms with Crippen molar-refractivity contribution in [3.05, 3.63) is 29.3 Å². The Kier molecular flexibility index (Phi) is 5.15. The summed E-state index contributed by atoms with van der Waals surface area (Å²) < 4.78 is 0. The normalized spacial score (nSPS) is 29.0. The van der Waals surface area contributed by atoms with Gasteiger partial charge < -0.3 is 5.11 Å². The van der Waals surface area contributed by atoms with E-state index < -0.39 is 0 Å². The van der Waals surface area contributed by atoms with Gasteiger partial charge in [-0.15, -0.1) is 0 Å². The molecule has 3 nitrogen and oxygen atoms in total. The highest BCUT2D eigenvalue weighted by molar-refractivity contribution is 5.44. The van der Waals surface area contributed by atoms with Crippen LogP contribution in [0.4, 0.5) is 0 Å². The van der Waals surface area contributed by atoms with Gasteiger partial charge in [0.15, 0.2) is 0 Å². The number of likely N-dealkylation sites (tertiary alicyclic amines) is 1. The third-order valence-corrected chi connectivity index (χ3v) is 6.59. The van der Waals surface area contributed by atoms with E-state index in [9.17, 15) is 5.11 Å². The third-order valence-electron chi connectivity index (χ3n) is 6.59. The summed E-state index contributed by atoms with van der Waals surface area (Å²) in [6, 6.07) is 8.84. The number of fused-ring (bicyclic) bond motifs is 4. The van der Waals surface area contributed by atoms with E-state index in [2.05, 4.69) is 30.9 Å². The summed E-state index contributed by atoms with van der Waals surface area (Å²) in [5, 5.41) is 18.5. The number of piperidine rings is 1. The van der Waals surface area contributed by atoms with Crippen molar-refractivity contribution in [3.8, 4) is 11.8 Å². The van der Waals surface area contributed by atoms with Crippen molar-refractivity contribution in [2.75, 3.05) is 13.1 Å². The number of hydrogen-bond acceptors (Lipinski definition) is 3. The molecule has 3 heteroatoms. The van der Waals surface area contributed by atoms with Crippen LogP contribution in [-0.4, -0.2) is 29.1 Å². The Balaban J connectivity index is 1.65. The molecule has 1 aliphatic heterocycles. The summed E-state index contributed by atoms with van der Waals surface area (Å²) in [7, 11) is 0. The molecule has 1 heterocycles. The molecule has 0 unspecified atom stereocenters. The molecule has 1 fully saturated rings.